The Morgan fingerprint density at radius 3 is 3.00 bits per heavy atom. The molecule has 1 aromatic carbocycles. The summed E-state index contributed by atoms with van der Waals surface area (Å²) in [4.78, 5) is 12.8. The number of esters is 1. The zero-order chi connectivity index (χ0) is 15.5. The molecule has 2 aromatic heterocycles. The molecule has 0 aliphatic heterocycles. The SMILES string of the molecule is O=C(OCc1cc(-c2cccs2)on1)c1cc(Cl)ccc1F. The van der Waals surface area contributed by atoms with Crippen molar-refractivity contribution in [1.82, 2.24) is 5.16 Å². The monoisotopic (exact) mass is 337 g/mol. The van der Waals surface area contributed by atoms with Crippen molar-refractivity contribution >= 4 is 28.9 Å². The molecule has 0 aliphatic rings. The standard InChI is InChI=1S/C15H9ClFNO3S/c16-9-3-4-12(17)11(6-9)15(19)20-8-10-7-13(21-18-10)14-2-1-5-22-14/h1-7H,8H2. The summed E-state index contributed by atoms with van der Waals surface area (Å²) < 4.78 is 23.7. The number of rotatable bonds is 4. The van der Waals surface area contributed by atoms with Gasteiger partial charge in [-0.1, -0.05) is 22.8 Å². The molecule has 0 fully saturated rings. The van der Waals surface area contributed by atoms with Gasteiger partial charge in [-0.2, -0.15) is 0 Å². The molecule has 0 bridgehead atoms. The van der Waals surface area contributed by atoms with Gasteiger partial charge in [-0.15, -0.1) is 11.3 Å². The van der Waals surface area contributed by atoms with Gasteiger partial charge in [0.25, 0.3) is 0 Å². The Morgan fingerprint density at radius 1 is 1.36 bits per heavy atom. The predicted molar refractivity (Wildman–Crippen MR) is 80.3 cm³/mol. The summed E-state index contributed by atoms with van der Waals surface area (Å²) in [5.74, 6) is -0.899. The minimum atomic E-state index is -0.805. The van der Waals surface area contributed by atoms with Gasteiger partial charge in [0.05, 0.1) is 10.4 Å². The third-order valence-electron chi connectivity index (χ3n) is 2.82. The highest BCUT2D eigenvalue weighted by Crippen LogP contribution is 2.25. The van der Waals surface area contributed by atoms with Crippen LogP contribution < -0.4 is 0 Å². The van der Waals surface area contributed by atoms with Gasteiger partial charge in [-0.05, 0) is 29.6 Å². The molecule has 112 valence electrons. The molecular weight excluding hydrogens is 329 g/mol. The van der Waals surface area contributed by atoms with Gasteiger partial charge in [-0.3, -0.25) is 0 Å². The van der Waals surface area contributed by atoms with Crippen LogP contribution in [-0.2, 0) is 11.3 Å². The molecular formula is C15H9ClFNO3S. The molecule has 0 unspecified atom stereocenters. The van der Waals surface area contributed by atoms with E-state index in [2.05, 4.69) is 5.16 Å². The van der Waals surface area contributed by atoms with E-state index in [4.69, 9.17) is 20.9 Å². The van der Waals surface area contributed by atoms with Crippen molar-refractivity contribution in [2.45, 2.75) is 6.61 Å². The van der Waals surface area contributed by atoms with Crippen LogP contribution >= 0.6 is 22.9 Å². The lowest BCUT2D eigenvalue weighted by Gasteiger charge is -2.04. The normalized spacial score (nSPS) is 10.6. The largest absolute Gasteiger partial charge is 0.455 e. The van der Waals surface area contributed by atoms with Gasteiger partial charge in [-0.25, -0.2) is 9.18 Å². The zero-order valence-electron chi connectivity index (χ0n) is 11.1. The molecule has 0 saturated heterocycles. The quantitative estimate of drug-likeness (QED) is 0.655. The maximum Gasteiger partial charge on any atom is 0.341 e. The molecule has 0 radical (unpaired) electrons. The van der Waals surface area contributed by atoms with E-state index in [1.165, 1.54) is 23.5 Å². The fourth-order valence-electron chi connectivity index (χ4n) is 1.79. The Morgan fingerprint density at radius 2 is 2.23 bits per heavy atom. The molecule has 0 spiro atoms. The summed E-state index contributed by atoms with van der Waals surface area (Å²) in [6.07, 6.45) is 0. The summed E-state index contributed by atoms with van der Waals surface area (Å²) in [5.41, 5.74) is 0.230. The number of halogens is 2. The molecule has 3 rings (SSSR count). The van der Waals surface area contributed by atoms with Crippen molar-refractivity contribution in [3.05, 3.63) is 63.9 Å². The highest BCUT2D eigenvalue weighted by Gasteiger charge is 2.15. The fourth-order valence-corrected chi connectivity index (χ4v) is 2.63. The summed E-state index contributed by atoms with van der Waals surface area (Å²) >= 11 is 7.25. The molecule has 0 amide bonds. The Bertz CT molecular complexity index is 801. The summed E-state index contributed by atoms with van der Waals surface area (Å²) in [7, 11) is 0. The smallest absolute Gasteiger partial charge is 0.341 e. The average molecular weight is 338 g/mol. The van der Waals surface area contributed by atoms with E-state index in [9.17, 15) is 9.18 Å². The van der Waals surface area contributed by atoms with Crippen LogP contribution in [0.3, 0.4) is 0 Å². The molecule has 0 N–H and O–H groups in total. The minimum Gasteiger partial charge on any atom is -0.455 e. The lowest BCUT2D eigenvalue weighted by molar-refractivity contribution is 0.0459. The highest BCUT2D eigenvalue weighted by atomic mass is 35.5. The maximum absolute atomic E-state index is 13.5. The first-order valence-corrected chi connectivity index (χ1v) is 7.51. The van der Waals surface area contributed by atoms with Crippen LogP contribution in [0, 0.1) is 5.82 Å². The van der Waals surface area contributed by atoms with Crippen LogP contribution in [0.15, 0.2) is 46.3 Å². The third-order valence-corrected chi connectivity index (χ3v) is 3.94. The van der Waals surface area contributed by atoms with Crippen molar-refractivity contribution in [1.29, 1.82) is 0 Å². The van der Waals surface area contributed by atoms with E-state index in [-0.39, 0.29) is 17.2 Å². The second-order valence-electron chi connectivity index (χ2n) is 4.36. The number of carbonyl (C=O) groups excluding carboxylic acids is 1. The Balaban J connectivity index is 1.67. The summed E-state index contributed by atoms with van der Waals surface area (Å²) in [6.45, 7) is -0.111. The molecule has 22 heavy (non-hydrogen) atoms. The second kappa shape index (κ2) is 6.29. The first-order valence-electron chi connectivity index (χ1n) is 6.25. The van der Waals surface area contributed by atoms with E-state index in [0.717, 1.165) is 10.9 Å². The molecule has 7 heteroatoms. The lowest BCUT2D eigenvalue weighted by atomic mass is 10.2. The average Bonchev–Trinajstić information content (AvgIpc) is 3.17. The minimum absolute atomic E-state index is 0.111. The number of aromatic nitrogens is 1. The molecule has 0 atom stereocenters. The van der Waals surface area contributed by atoms with Crippen LogP contribution in [0.1, 0.15) is 16.1 Å². The van der Waals surface area contributed by atoms with Crippen molar-refractivity contribution in [3.63, 3.8) is 0 Å². The number of benzene rings is 1. The van der Waals surface area contributed by atoms with E-state index < -0.39 is 11.8 Å². The van der Waals surface area contributed by atoms with Crippen LogP contribution in [-0.4, -0.2) is 11.1 Å². The number of nitrogens with zero attached hydrogens (tertiary/aromatic N) is 1. The first kappa shape index (κ1) is 14.7. The van der Waals surface area contributed by atoms with Crippen molar-refractivity contribution in [2.24, 2.45) is 0 Å². The van der Waals surface area contributed by atoms with E-state index in [0.29, 0.717) is 11.5 Å². The van der Waals surface area contributed by atoms with Crippen LogP contribution in [0.5, 0.6) is 0 Å². The number of hydrogen-bond donors (Lipinski definition) is 0. The molecule has 0 aliphatic carbocycles. The Labute approximate surface area is 134 Å². The summed E-state index contributed by atoms with van der Waals surface area (Å²) in [5, 5.41) is 5.99. The van der Waals surface area contributed by atoms with Crippen molar-refractivity contribution in [3.8, 4) is 10.6 Å². The Hall–Kier alpha value is -2.18. The fraction of sp³-hybridized carbons (Fsp3) is 0.0667. The van der Waals surface area contributed by atoms with Gasteiger partial charge < -0.3 is 9.26 Å². The predicted octanol–water partition coefficient (Wildman–Crippen LogP) is 4.55. The van der Waals surface area contributed by atoms with E-state index >= 15 is 0 Å². The Kier molecular flexibility index (Phi) is 4.22. The van der Waals surface area contributed by atoms with Gasteiger partial charge in [0.15, 0.2) is 5.76 Å². The number of hydrogen-bond acceptors (Lipinski definition) is 5. The number of thiophene rings is 1. The summed E-state index contributed by atoms with van der Waals surface area (Å²) in [6, 6.07) is 9.15. The first-order chi connectivity index (χ1) is 10.6. The van der Waals surface area contributed by atoms with Crippen molar-refractivity contribution < 1.29 is 18.4 Å². The van der Waals surface area contributed by atoms with E-state index in [1.54, 1.807) is 6.07 Å². The van der Waals surface area contributed by atoms with Gasteiger partial charge in [0.1, 0.15) is 18.1 Å². The lowest BCUT2D eigenvalue weighted by Crippen LogP contribution is -2.07. The number of ether oxygens (including phenoxy) is 1. The highest BCUT2D eigenvalue weighted by molar-refractivity contribution is 7.13. The number of carbonyl (C=O) groups is 1. The topological polar surface area (TPSA) is 52.3 Å². The molecule has 4 nitrogen and oxygen atoms in total. The van der Waals surface area contributed by atoms with Crippen LogP contribution in [0.2, 0.25) is 5.02 Å². The van der Waals surface area contributed by atoms with Crippen molar-refractivity contribution in [2.75, 3.05) is 0 Å². The van der Waals surface area contributed by atoms with Crippen LogP contribution in [0.4, 0.5) is 4.39 Å². The van der Waals surface area contributed by atoms with Crippen LogP contribution in [0.25, 0.3) is 10.6 Å². The van der Waals surface area contributed by atoms with Gasteiger partial charge in [0.2, 0.25) is 0 Å². The van der Waals surface area contributed by atoms with Gasteiger partial charge in [0, 0.05) is 11.1 Å². The zero-order valence-corrected chi connectivity index (χ0v) is 12.7. The maximum atomic E-state index is 13.5. The van der Waals surface area contributed by atoms with E-state index in [1.807, 2.05) is 17.5 Å². The molecule has 3 aromatic rings. The molecule has 0 saturated carbocycles. The second-order valence-corrected chi connectivity index (χ2v) is 5.74. The van der Waals surface area contributed by atoms with Gasteiger partial charge >= 0.3 is 5.97 Å². The third kappa shape index (κ3) is 3.18. The molecule has 2 heterocycles.